The maximum atomic E-state index is 5.71. The molecule has 0 aliphatic rings. The normalized spacial score (nSPS) is 10.2. The zero-order valence-corrected chi connectivity index (χ0v) is 11.2. The second-order valence-electron chi connectivity index (χ2n) is 3.90. The summed E-state index contributed by atoms with van der Waals surface area (Å²) in [5, 5.41) is 7.58. The molecule has 0 fully saturated rings. The number of thiophene rings is 1. The monoisotopic (exact) mass is 262 g/mol. The van der Waals surface area contributed by atoms with Crippen LogP contribution in [0.5, 0.6) is 0 Å². The Labute approximate surface area is 110 Å². The van der Waals surface area contributed by atoms with Crippen LogP contribution in [-0.2, 0) is 6.54 Å². The van der Waals surface area contributed by atoms with Crippen molar-refractivity contribution >= 4 is 34.2 Å². The molecule has 1 aromatic heterocycles. The first kappa shape index (κ1) is 12.1. The Bertz CT molecular complexity index is 518. The molecule has 17 heavy (non-hydrogen) atoms. The summed E-state index contributed by atoms with van der Waals surface area (Å²) in [5.41, 5.74) is 10.1. The number of hydrogen-bond acceptors (Lipinski definition) is 3. The molecule has 0 bridgehead atoms. The Morgan fingerprint density at radius 2 is 2.24 bits per heavy atom. The zero-order chi connectivity index (χ0) is 12.3. The standard InChI is InChI=1S/C13H14N2S2/c1-9-2-3-11(13(14)16)12(6-9)15-7-10-4-5-17-8-10/h2-6,8,15H,7H2,1H3,(H2,14,16). The molecule has 0 atom stereocenters. The van der Waals surface area contributed by atoms with Crippen molar-refractivity contribution in [1.29, 1.82) is 0 Å². The van der Waals surface area contributed by atoms with Crippen LogP contribution in [0.1, 0.15) is 16.7 Å². The highest BCUT2D eigenvalue weighted by Crippen LogP contribution is 2.19. The van der Waals surface area contributed by atoms with Gasteiger partial charge >= 0.3 is 0 Å². The van der Waals surface area contributed by atoms with Gasteiger partial charge in [0.25, 0.3) is 0 Å². The van der Waals surface area contributed by atoms with E-state index in [1.165, 1.54) is 11.1 Å². The van der Waals surface area contributed by atoms with Gasteiger partial charge in [0.1, 0.15) is 4.99 Å². The molecule has 1 aromatic carbocycles. The van der Waals surface area contributed by atoms with Crippen LogP contribution in [0.15, 0.2) is 35.0 Å². The smallest absolute Gasteiger partial charge is 0.106 e. The number of nitrogens with one attached hydrogen (secondary N) is 1. The van der Waals surface area contributed by atoms with Gasteiger partial charge in [0.2, 0.25) is 0 Å². The van der Waals surface area contributed by atoms with E-state index < -0.39 is 0 Å². The first-order valence-electron chi connectivity index (χ1n) is 5.32. The summed E-state index contributed by atoms with van der Waals surface area (Å²) in [4.78, 5) is 0.429. The first-order valence-corrected chi connectivity index (χ1v) is 6.67. The largest absolute Gasteiger partial charge is 0.389 e. The highest BCUT2D eigenvalue weighted by Gasteiger charge is 2.05. The fourth-order valence-corrected chi connectivity index (χ4v) is 2.46. The van der Waals surface area contributed by atoms with E-state index in [0.717, 1.165) is 17.8 Å². The number of anilines is 1. The van der Waals surface area contributed by atoms with Crippen molar-refractivity contribution in [3.8, 4) is 0 Å². The van der Waals surface area contributed by atoms with Crippen LogP contribution in [0.25, 0.3) is 0 Å². The van der Waals surface area contributed by atoms with Crippen molar-refractivity contribution in [3.63, 3.8) is 0 Å². The van der Waals surface area contributed by atoms with Crippen LogP contribution >= 0.6 is 23.6 Å². The average molecular weight is 262 g/mol. The SMILES string of the molecule is Cc1ccc(C(N)=S)c(NCc2ccsc2)c1. The number of thiocarbonyl (C=S) groups is 1. The minimum atomic E-state index is 0.429. The molecule has 0 aliphatic carbocycles. The van der Waals surface area contributed by atoms with E-state index in [2.05, 4.69) is 35.1 Å². The number of hydrogen-bond donors (Lipinski definition) is 2. The van der Waals surface area contributed by atoms with E-state index in [1.807, 2.05) is 12.1 Å². The third-order valence-corrected chi connectivity index (χ3v) is 3.46. The van der Waals surface area contributed by atoms with Gasteiger partial charge < -0.3 is 11.1 Å². The molecule has 2 rings (SSSR count). The van der Waals surface area contributed by atoms with Crippen molar-refractivity contribution in [2.24, 2.45) is 5.73 Å². The van der Waals surface area contributed by atoms with Gasteiger partial charge in [0.15, 0.2) is 0 Å². The Morgan fingerprint density at radius 1 is 1.41 bits per heavy atom. The molecule has 0 aliphatic heterocycles. The highest BCUT2D eigenvalue weighted by molar-refractivity contribution is 7.80. The average Bonchev–Trinajstić information content (AvgIpc) is 2.78. The lowest BCUT2D eigenvalue weighted by molar-refractivity contribution is 1.16. The molecule has 0 saturated carbocycles. The van der Waals surface area contributed by atoms with Gasteiger partial charge in [-0.2, -0.15) is 11.3 Å². The van der Waals surface area contributed by atoms with Crippen LogP contribution in [0.4, 0.5) is 5.69 Å². The molecule has 0 spiro atoms. The van der Waals surface area contributed by atoms with Crippen molar-refractivity contribution < 1.29 is 0 Å². The van der Waals surface area contributed by atoms with Gasteiger partial charge in [0, 0.05) is 17.8 Å². The van der Waals surface area contributed by atoms with Gasteiger partial charge in [-0.3, -0.25) is 0 Å². The lowest BCUT2D eigenvalue weighted by atomic mass is 10.1. The molecule has 0 saturated heterocycles. The minimum absolute atomic E-state index is 0.429. The van der Waals surface area contributed by atoms with Crippen molar-refractivity contribution in [3.05, 3.63) is 51.7 Å². The number of aryl methyl sites for hydroxylation is 1. The van der Waals surface area contributed by atoms with Crippen molar-refractivity contribution in [2.45, 2.75) is 13.5 Å². The van der Waals surface area contributed by atoms with E-state index in [9.17, 15) is 0 Å². The van der Waals surface area contributed by atoms with Crippen LogP contribution in [-0.4, -0.2) is 4.99 Å². The fraction of sp³-hybridized carbons (Fsp3) is 0.154. The predicted molar refractivity (Wildman–Crippen MR) is 78.7 cm³/mol. The van der Waals surface area contributed by atoms with Crippen molar-refractivity contribution in [2.75, 3.05) is 5.32 Å². The Kier molecular flexibility index (Phi) is 3.76. The summed E-state index contributed by atoms with van der Waals surface area (Å²) in [6.45, 7) is 2.85. The fourth-order valence-electron chi connectivity index (χ4n) is 1.61. The maximum Gasteiger partial charge on any atom is 0.106 e. The molecule has 2 aromatic rings. The molecule has 0 radical (unpaired) electrons. The molecule has 4 heteroatoms. The summed E-state index contributed by atoms with van der Waals surface area (Å²) in [5.74, 6) is 0. The Hall–Kier alpha value is -1.39. The third-order valence-electron chi connectivity index (χ3n) is 2.50. The van der Waals surface area contributed by atoms with Crippen LogP contribution in [0, 0.1) is 6.92 Å². The summed E-state index contributed by atoms with van der Waals surface area (Å²) < 4.78 is 0. The predicted octanol–water partition coefficient (Wildman–Crippen LogP) is 3.30. The number of rotatable bonds is 4. The highest BCUT2D eigenvalue weighted by atomic mass is 32.1. The molecule has 1 heterocycles. The molecule has 3 N–H and O–H groups in total. The third kappa shape index (κ3) is 3.05. The summed E-state index contributed by atoms with van der Waals surface area (Å²) in [7, 11) is 0. The van der Waals surface area contributed by atoms with E-state index in [-0.39, 0.29) is 0 Å². The summed E-state index contributed by atoms with van der Waals surface area (Å²) >= 11 is 6.74. The molecular formula is C13H14N2S2. The zero-order valence-electron chi connectivity index (χ0n) is 9.57. The second-order valence-corrected chi connectivity index (χ2v) is 5.12. The van der Waals surface area contributed by atoms with E-state index in [0.29, 0.717) is 4.99 Å². The molecular weight excluding hydrogens is 248 g/mol. The van der Waals surface area contributed by atoms with E-state index in [4.69, 9.17) is 18.0 Å². The van der Waals surface area contributed by atoms with E-state index in [1.54, 1.807) is 11.3 Å². The maximum absolute atomic E-state index is 5.71. The van der Waals surface area contributed by atoms with Crippen LogP contribution in [0.3, 0.4) is 0 Å². The van der Waals surface area contributed by atoms with Crippen LogP contribution < -0.4 is 11.1 Å². The molecule has 0 unspecified atom stereocenters. The molecule has 88 valence electrons. The minimum Gasteiger partial charge on any atom is -0.389 e. The lowest BCUT2D eigenvalue weighted by Gasteiger charge is -2.11. The van der Waals surface area contributed by atoms with Gasteiger partial charge in [-0.25, -0.2) is 0 Å². The summed E-state index contributed by atoms with van der Waals surface area (Å²) in [6.07, 6.45) is 0. The van der Waals surface area contributed by atoms with E-state index >= 15 is 0 Å². The van der Waals surface area contributed by atoms with Gasteiger partial charge in [-0.05, 0) is 47.0 Å². The van der Waals surface area contributed by atoms with Gasteiger partial charge in [0.05, 0.1) is 0 Å². The van der Waals surface area contributed by atoms with Gasteiger partial charge in [-0.15, -0.1) is 0 Å². The summed E-state index contributed by atoms with van der Waals surface area (Å²) in [6, 6.07) is 8.16. The quantitative estimate of drug-likeness (QED) is 0.830. The second kappa shape index (κ2) is 5.29. The Balaban J connectivity index is 2.19. The topological polar surface area (TPSA) is 38.0 Å². The van der Waals surface area contributed by atoms with Gasteiger partial charge in [-0.1, -0.05) is 18.3 Å². The lowest BCUT2D eigenvalue weighted by Crippen LogP contribution is -2.13. The molecule has 2 nitrogen and oxygen atoms in total. The van der Waals surface area contributed by atoms with Crippen molar-refractivity contribution in [1.82, 2.24) is 0 Å². The number of benzene rings is 1. The molecule has 0 amide bonds. The Morgan fingerprint density at radius 3 is 2.88 bits per heavy atom. The first-order chi connectivity index (χ1) is 8.16. The van der Waals surface area contributed by atoms with Crippen LogP contribution in [0.2, 0.25) is 0 Å². The number of nitrogens with two attached hydrogens (primary N) is 1.